The molecule has 1 fully saturated rings. The predicted octanol–water partition coefficient (Wildman–Crippen LogP) is 2.61. The number of aryl methyl sites for hydroxylation is 1. The van der Waals surface area contributed by atoms with Gasteiger partial charge in [0.15, 0.2) is 5.82 Å². The highest BCUT2D eigenvalue weighted by Crippen LogP contribution is 2.28. The SMILES string of the molecule is CC[C@H](c1ccc(F)cc1F)N1CCN(C(=O)c2nccn2C)CC1. The number of halogens is 2. The molecule has 0 radical (unpaired) electrons. The van der Waals surface area contributed by atoms with E-state index in [0.29, 0.717) is 37.6 Å². The maximum Gasteiger partial charge on any atom is 0.289 e. The second-order valence-electron chi connectivity index (χ2n) is 6.28. The molecule has 25 heavy (non-hydrogen) atoms. The Morgan fingerprint density at radius 2 is 1.96 bits per heavy atom. The minimum absolute atomic E-state index is 0.0897. The lowest BCUT2D eigenvalue weighted by molar-refractivity contribution is 0.0544. The van der Waals surface area contributed by atoms with E-state index in [1.54, 1.807) is 28.9 Å². The monoisotopic (exact) mass is 348 g/mol. The van der Waals surface area contributed by atoms with Crippen molar-refractivity contribution < 1.29 is 13.6 Å². The summed E-state index contributed by atoms with van der Waals surface area (Å²) in [5.41, 5.74) is 0.507. The van der Waals surface area contributed by atoms with E-state index in [-0.39, 0.29) is 11.9 Å². The van der Waals surface area contributed by atoms with E-state index in [1.807, 2.05) is 6.92 Å². The van der Waals surface area contributed by atoms with Gasteiger partial charge < -0.3 is 9.47 Å². The number of hydrogen-bond donors (Lipinski definition) is 0. The highest BCUT2D eigenvalue weighted by Gasteiger charge is 2.29. The van der Waals surface area contributed by atoms with Gasteiger partial charge >= 0.3 is 0 Å². The molecule has 1 aliphatic heterocycles. The lowest BCUT2D eigenvalue weighted by Gasteiger charge is -2.39. The van der Waals surface area contributed by atoms with Gasteiger partial charge in [-0.3, -0.25) is 9.69 Å². The van der Waals surface area contributed by atoms with Crippen LogP contribution in [0.1, 0.15) is 35.6 Å². The molecule has 1 saturated heterocycles. The molecule has 1 aromatic heterocycles. The number of amides is 1. The first-order valence-corrected chi connectivity index (χ1v) is 8.47. The highest BCUT2D eigenvalue weighted by molar-refractivity contribution is 5.90. The third kappa shape index (κ3) is 3.56. The summed E-state index contributed by atoms with van der Waals surface area (Å²) in [4.78, 5) is 20.5. The number of carbonyl (C=O) groups is 1. The molecule has 0 aliphatic carbocycles. The van der Waals surface area contributed by atoms with Crippen molar-refractivity contribution in [2.75, 3.05) is 26.2 Å². The van der Waals surface area contributed by atoms with Gasteiger partial charge in [0.25, 0.3) is 5.91 Å². The number of piperazine rings is 1. The van der Waals surface area contributed by atoms with Crippen molar-refractivity contribution in [1.82, 2.24) is 19.4 Å². The molecular formula is C18H22F2N4O. The Balaban J connectivity index is 1.68. The maximum atomic E-state index is 14.1. The molecule has 0 saturated carbocycles. The van der Waals surface area contributed by atoms with Crippen molar-refractivity contribution in [1.29, 1.82) is 0 Å². The Morgan fingerprint density at radius 3 is 2.52 bits per heavy atom. The minimum Gasteiger partial charge on any atom is -0.333 e. The van der Waals surface area contributed by atoms with Crippen LogP contribution < -0.4 is 0 Å². The zero-order valence-electron chi connectivity index (χ0n) is 14.5. The Bertz CT molecular complexity index is 753. The van der Waals surface area contributed by atoms with E-state index in [0.717, 1.165) is 12.5 Å². The van der Waals surface area contributed by atoms with Gasteiger partial charge in [-0.1, -0.05) is 13.0 Å². The zero-order valence-corrected chi connectivity index (χ0v) is 14.5. The fourth-order valence-electron chi connectivity index (χ4n) is 3.40. The molecule has 0 N–H and O–H groups in total. The Kier molecular flexibility index (Phi) is 5.13. The average Bonchev–Trinajstić information content (AvgIpc) is 3.03. The van der Waals surface area contributed by atoms with Crippen LogP contribution in [-0.4, -0.2) is 51.4 Å². The fraction of sp³-hybridized carbons (Fsp3) is 0.444. The summed E-state index contributed by atoms with van der Waals surface area (Å²) >= 11 is 0. The molecule has 5 nitrogen and oxygen atoms in total. The standard InChI is InChI=1S/C18H22F2N4O/c1-3-16(14-5-4-13(19)12-15(14)20)23-8-10-24(11-9-23)18(25)17-21-6-7-22(17)2/h4-7,12,16H,3,8-11H2,1-2H3/t16-/m1/s1. The van der Waals surface area contributed by atoms with E-state index in [9.17, 15) is 13.6 Å². The van der Waals surface area contributed by atoms with Crippen molar-refractivity contribution in [3.8, 4) is 0 Å². The Morgan fingerprint density at radius 1 is 1.24 bits per heavy atom. The van der Waals surface area contributed by atoms with Gasteiger partial charge in [-0.15, -0.1) is 0 Å². The van der Waals surface area contributed by atoms with E-state index in [2.05, 4.69) is 9.88 Å². The van der Waals surface area contributed by atoms with Gasteiger partial charge in [-0.2, -0.15) is 0 Å². The number of nitrogens with zero attached hydrogens (tertiary/aromatic N) is 4. The van der Waals surface area contributed by atoms with Gasteiger partial charge in [-0.25, -0.2) is 13.8 Å². The van der Waals surface area contributed by atoms with Crippen LogP contribution in [0.4, 0.5) is 8.78 Å². The van der Waals surface area contributed by atoms with Gasteiger partial charge in [0.2, 0.25) is 0 Å². The summed E-state index contributed by atoms with van der Waals surface area (Å²) < 4.78 is 29.0. The number of hydrogen-bond acceptors (Lipinski definition) is 3. The van der Waals surface area contributed by atoms with Gasteiger partial charge in [0.1, 0.15) is 11.6 Å². The Hall–Kier alpha value is -2.28. The first-order valence-electron chi connectivity index (χ1n) is 8.47. The number of aromatic nitrogens is 2. The summed E-state index contributed by atoms with van der Waals surface area (Å²) in [7, 11) is 1.79. The van der Waals surface area contributed by atoms with Crippen molar-refractivity contribution in [3.63, 3.8) is 0 Å². The average molecular weight is 348 g/mol. The first kappa shape index (κ1) is 17.5. The van der Waals surface area contributed by atoms with Crippen LogP contribution in [0.25, 0.3) is 0 Å². The summed E-state index contributed by atoms with van der Waals surface area (Å²) in [5.74, 6) is -0.752. The molecule has 1 aromatic carbocycles. The van der Waals surface area contributed by atoms with E-state index >= 15 is 0 Å². The van der Waals surface area contributed by atoms with Crippen molar-refractivity contribution in [3.05, 3.63) is 53.6 Å². The Labute approximate surface area is 145 Å². The van der Waals surface area contributed by atoms with Crippen LogP contribution in [0.5, 0.6) is 0 Å². The maximum absolute atomic E-state index is 14.1. The predicted molar refractivity (Wildman–Crippen MR) is 90.1 cm³/mol. The molecule has 1 amide bonds. The van der Waals surface area contributed by atoms with Gasteiger partial charge in [0, 0.05) is 63.3 Å². The van der Waals surface area contributed by atoms with Crippen molar-refractivity contribution in [2.45, 2.75) is 19.4 Å². The topological polar surface area (TPSA) is 41.4 Å². The summed E-state index contributed by atoms with van der Waals surface area (Å²) in [6.07, 6.45) is 4.07. The van der Waals surface area contributed by atoms with Crippen LogP contribution in [0.3, 0.4) is 0 Å². The second kappa shape index (κ2) is 7.31. The molecule has 3 rings (SSSR count). The quantitative estimate of drug-likeness (QED) is 0.853. The lowest BCUT2D eigenvalue weighted by Crippen LogP contribution is -2.50. The fourth-order valence-corrected chi connectivity index (χ4v) is 3.40. The lowest BCUT2D eigenvalue weighted by atomic mass is 10.0. The van der Waals surface area contributed by atoms with Gasteiger partial charge in [-0.05, 0) is 12.5 Å². The molecular weight excluding hydrogens is 326 g/mol. The molecule has 2 aromatic rings. The molecule has 7 heteroatoms. The summed E-state index contributed by atoms with van der Waals surface area (Å²) in [6, 6.07) is 3.62. The second-order valence-corrected chi connectivity index (χ2v) is 6.28. The first-order chi connectivity index (χ1) is 12.0. The molecule has 0 bridgehead atoms. The smallest absolute Gasteiger partial charge is 0.289 e. The largest absolute Gasteiger partial charge is 0.333 e. The molecule has 1 atom stereocenters. The number of imidazole rings is 1. The molecule has 134 valence electrons. The molecule has 2 heterocycles. The number of carbonyl (C=O) groups excluding carboxylic acids is 1. The van der Waals surface area contributed by atoms with Gasteiger partial charge in [0.05, 0.1) is 0 Å². The van der Waals surface area contributed by atoms with Crippen molar-refractivity contribution >= 4 is 5.91 Å². The summed E-state index contributed by atoms with van der Waals surface area (Å²) in [5, 5.41) is 0. The van der Waals surface area contributed by atoms with Crippen molar-refractivity contribution in [2.24, 2.45) is 7.05 Å². The molecule has 0 spiro atoms. The third-order valence-corrected chi connectivity index (χ3v) is 4.76. The number of benzene rings is 1. The zero-order chi connectivity index (χ0) is 18.0. The number of rotatable bonds is 4. The van der Waals surface area contributed by atoms with Crippen LogP contribution >= 0.6 is 0 Å². The van der Waals surface area contributed by atoms with E-state index in [4.69, 9.17) is 0 Å². The minimum atomic E-state index is -0.568. The van der Waals surface area contributed by atoms with Crippen LogP contribution in [0, 0.1) is 11.6 Å². The highest BCUT2D eigenvalue weighted by atomic mass is 19.1. The van der Waals surface area contributed by atoms with Crippen LogP contribution in [-0.2, 0) is 7.05 Å². The van der Waals surface area contributed by atoms with E-state index < -0.39 is 11.6 Å². The van der Waals surface area contributed by atoms with Crippen LogP contribution in [0.15, 0.2) is 30.6 Å². The van der Waals surface area contributed by atoms with E-state index in [1.165, 1.54) is 12.1 Å². The molecule has 0 unspecified atom stereocenters. The third-order valence-electron chi connectivity index (χ3n) is 4.76. The normalized spacial score (nSPS) is 16.9. The molecule has 1 aliphatic rings. The summed E-state index contributed by atoms with van der Waals surface area (Å²) in [6.45, 7) is 4.39. The van der Waals surface area contributed by atoms with Crippen LogP contribution in [0.2, 0.25) is 0 Å².